The normalized spacial score (nSPS) is 14.6. The topological polar surface area (TPSA) is 0 Å². The molecule has 0 heterocycles. The molecule has 0 aliphatic heterocycles. The van der Waals surface area contributed by atoms with Crippen LogP contribution in [-0.4, -0.2) is 0 Å². The van der Waals surface area contributed by atoms with Crippen molar-refractivity contribution in [2.45, 2.75) is 26.7 Å². The molecule has 0 spiro atoms. The Hall–Kier alpha value is -1.56. The van der Waals surface area contributed by atoms with Gasteiger partial charge in [-0.15, -0.1) is 0 Å². The van der Waals surface area contributed by atoms with Gasteiger partial charge in [-0.1, -0.05) is 49.9 Å². The van der Waals surface area contributed by atoms with E-state index in [0.29, 0.717) is 0 Å². The van der Waals surface area contributed by atoms with Crippen molar-refractivity contribution in [3.05, 3.63) is 65.3 Å². The van der Waals surface area contributed by atoms with Gasteiger partial charge in [0, 0.05) is 0 Å². The lowest BCUT2D eigenvalue weighted by molar-refractivity contribution is 1.12. The van der Waals surface area contributed by atoms with E-state index < -0.39 is 0 Å². The Balaban J connectivity index is 2.48. The van der Waals surface area contributed by atoms with Crippen molar-refractivity contribution >= 4 is 5.57 Å². The van der Waals surface area contributed by atoms with Crippen LogP contribution in [0.25, 0.3) is 5.57 Å². The molecule has 2 rings (SSSR count). The van der Waals surface area contributed by atoms with Crippen LogP contribution in [0.5, 0.6) is 0 Å². The zero-order valence-corrected chi connectivity index (χ0v) is 10.1. The number of hydrogen-bond donors (Lipinski definition) is 0. The van der Waals surface area contributed by atoms with Crippen molar-refractivity contribution < 1.29 is 0 Å². The molecule has 0 amide bonds. The molecule has 1 aliphatic carbocycles. The first kappa shape index (κ1) is 10.9. The molecule has 0 N–H and O–H groups in total. The predicted molar refractivity (Wildman–Crippen MR) is 71.5 cm³/mol. The molecule has 1 aliphatic rings. The highest BCUT2D eigenvalue weighted by Crippen LogP contribution is 2.34. The fourth-order valence-electron chi connectivity index (χ4n) is 2.34. The standard InChI is InChI=1S/C16H18/c1-4-7-13-11-14-10-12(5-2)8-9-16(14)15(13)6-3/h4,6-10H,3,5,11H2,1-2H3/b7-4-. The number of rotatable bonds is 3. The maximum Gasteiger partial charge on any atom is -0.00135 e. The molecule has 0 heteroatoms. The second kappa shape index (κ2) is 4.52. The van der Waals surface area contributed by atoms with Gasteiger partial charge < -0.3 is 0 Å². The first-order chi connectivity index (χ1) is 7.80. The molecule has 1 aromatic carbocycles. The number of hydrogen-bond acceptors (Lipinski definition) is 0. The largest absolute Gasteiger partial charge is 0.0984 e. The van der Waals surface area contributed by atoms with Gasteiger partial charge in [-0.3, -0.25) is 0 Å². The van der Waals surface area contributed by atoms with Crippen LogP contribution in [0.3, 0.4) is 0 Å². The lowest BCUT2D eigenvalue weighted by atomic mass is 10.0. The van der Waals surface area contributed by atoms with Gasteiger partial charge in [-0.05, 0) is 47.6 Å². The number of benzene rings is 1. The highest BCUT2D eigenvalue weighted by Gasteiger charge is 2.17. The number of allylic oxidation sites excluding steroid dienone is 5. The minimum atomic E-state index is 1.05. The molecule has 1 aromatic rings. The van der Waals surface area contributed by atoms with Crippen LogP contribution in [0.1, 0.15) is 30.5 Å². The number of aryl methyl sites for hydroxylation is 1. The summed E-state index contributed by atoms with van der Waals surface area (Å²) in [4.78, 5) is 0. The Morgan fingerprint density at radius 3 is 2.81 bits per heavy atom. The summed E-state index contributed by atoms with van der Waals surface area (Å²) >= 11 is 0. The van der Waals surface area contributed by atoms with E-state index in [2.05, 4.69) is 50.8 Å². The first-order valence-corrected chi connectivity index (χ1v) is 5.90. The maximum absolute atomic E-state index is 3.92. The third kappa shape index (κ3) is 1.76. The van der Waals surface area contributed by atoms with Gasteiger partial charge in [0.05, 0.1) is 0 Å². The average molecular weight is 210 g/mol. The zero-order valence-electron chi connectivity index (χ0n) is 10.1. The molecule has 0 atom stereocenters. The van der Waals surface area contributed by atoms with Crippen LogP contribution in [0.15, 0.2) is 48.6 Å². The predicted octanol–water partition coefficient (Wildman–Crippen LogP) is 4.32. The summed E-state index contributed by atoms with van der Waals surface area (Å²) in [6.07, 6.45) is 8.44. The summed E-state index contributed by atoms with van der Waals surface area (Å²) in [7, 11) is 0. The van der Waals surface area contributed by atoms with E-state index in [1.165, 1.54) is 27.8 Å². The SMILES string of the molecule is C=CC1=C(/C=C\C)Cc2cc(CC)ccc21. The van der Waals surface area contributed by atoms with E-state index >= 15 is 0 Å². The molecular weight excluding hydrogens is 192 g/mol. The van der Waals surface area contributed by atoms with Gasteiger partial charge in [0.2, 0.25) is 0 Å². The third-order valence-corrected chi connectivity index (χ3v) is 3.17. The lowest BCUT2D eigenvalue weighted by Crippen LogP contribution is -1.87. The van der Waals surface area contributed by atoms with E-state index in [1.54, 1.807) is 0 Å². The maximum atomic E-state index is 3.92. The molecule has 0 aromatic heterocycles. The van der Waals surface area contributed by atoms with Crippen LogP contribution in [-0.2, 0) is 12.8 Å². The Morgan fingerprint density at radius 1 is 1.38 bits per heavy atom. The molecule has 16 heavy (non-hydrogen) atoms. The molecule has 82 valence electrons. The molecule has 0 bridgehead atoms. The zero-order chi connectivity index (χ0) is 11.5. The number of fused-ring (bicyclic) bond motifs is 1. The summed E-state index contributed by atoms with van der Waals surface area (Å²) in [6, 6.07) is 6.79. The van der Waals surface area contributed by atoms with Gasteiger partial charge in [0.1, 0.15) is 0 Å². The van der Waals surface area contributed by atoms with E-state index in [9.17, 15) is 0 Å². The molecule has 0 nitrogen and oxygen atoms in total. The van der Waals surface area contributed by atoms with Crippen LogP contribution in [0.2, 0.25) is 0 Å². The quantitative estimate of drug-likeness (QED) is 0.697. The Bertz CT molecular complexity index is 473. The Labute approximate surface area is 98.0 Å². The summed E-state index contributed by atoms with van der Waals surface area (Å²) in [6.45, 7) is 8.19. The van der Waals surface area contributed by atoms with Crippen LogP contribution < -0.4 is 0 Å². The summed E-state index contributed by atoms with van der Waals surface area (Å²) in [5, 5.41) is 0. The molecule has 0 unspecified atom stereocenters. The van der Waals surface area contributed by atoms with E-state index in [0.717, 1.165) is 12.8 Å². The second-order valence-electron chi connectivity index (χ2n) is 4.16. The fraction of sp³-hybridized carbons (Fsp3) is 0.250. The molecule has 0 saturated carbocycles. The van der Waals surface area contributed by atoms with Crippen molar-refractivity contribution in [2.24, 2.45) is 0 Å². The Kier molecular flexibility index (Phi) is 3.09. The minimum absolute atomic E-state index is 1.05. The lowest BCUT2D eigenvalue weighted by Gasteiger charge is -2.03. The van der Waals surface area contributed by atoms with Crippen molar-refractivity contribution in [3.8, 4) is 0 Å². The third-order valence-electron chi connectivity index (χ3n) is 3.17. The Morgan fingerprint density at radius 2 is 2.19 bits per heavy atom. The van der Waals surface area contributed by atoms with Gasteiger partial charge in [0.25, 0.3) is 0 Å². The van der Waals surface area contributed by atoms with Crippen LogP contribution >= 0.6 is 0 Å². The molecule has 0 saturated heterocycles. The first-order valence-electron chi connectivity index (χ1n) is 5.90. The van der Waals surface area contributed by atoms with Gasteiger partial charge >= 0.3 is 0 Å². The van der Waals surface area contributed by atoms with Gasteiger partial charge in [0.15, 0.2) is 0 Å². The minimum Gasteiger partial charge on any atom is -0.0984 e. The van der Waals surface area contributed by atoms with Crippen LogP contribution in [0, 0.1) is 0 Å². The van der Waals surface area contributed by atoms with Crippen molar-refractivity contribution in [3.63, 3.8) is 0 Å². The molecule has 0 radical (unpaired) electrons. The fourth-order valence-corrected chi connectivity index (χ4v) is 2.34. The van der Waals surface area contributed by atoms with E-state index in [4.69, 9.17) is 0 Å². The van der Waals surface area contributed by atoms with Gasteiger partial charge in [-0.25, -0.2) is 0 Å². The molecular formula is C16H18. The highest BCUT2D eigenvalue weighted by molar-refractivity contribution is 5.84. The van der Waals surface area contributed by atoms with E-state index in [-0.39, 0.29) is 0 Å². The second-order valence-corrected chi connectivity index (χ2v) is 4.16. The van der Waals surface area contributed by atoms with Crippen molar-refractivity contribution in [2.75, 3.05) is 0 Å². The van der Waals surface area contributed by atoms with Crippen molar-refractivity contribution in [1.82, 2.24) is 0 Å². The summed E-state index contributed by atoms with van der Waals surface area (Å²) in [5.41, 5.74) is 6.92. The van der Waals surface area contributed by atoms with E-state index in [1.807, 2.05) is 6.08 Å². The van der Waals surface area contributed by atoms with Gasteiger partial charge in [-0.2, -0.15) is 0 Å². The smallest absolute Gasteiger partial charge is 0.00135 e. The summed E-state index contributed by atoms with van der Waals surface area (Å²) < 4.78 is 0. The van der Waals surface area contributed by atoms with Crippen molar-refractivity contribution in [1.29, 1.82) is 0 Å². The highest BCUT2D eigenvalue weighted by atomic mass is 14.2. The van der Waals surface area contributed by atoms with Crippen LogP contribution in [0.4, 0.5) is 0 Å². The monoisotopic (exact) mass is 210 g/mol. The summed E-state index contributed by atoms with van der Waals surface area (Å²) in [5.74, 6) is 0. The average Bonchev–Trinajstić information content (AvgIpc) is 2.65. The molecule has 0 fully saturated rings.